The number of imide groups is 1. The number of carbonyl (C=O) groups is 4. The topological polar surface area (TPSA) is 181 Å². The van der Waals surface area contributed by atoms with Crippen molar-refractivity contribution in [3.63, 3.8) is 0 Å². The van der Waals surface area contributed by atoms with Crippen molar-refractivity contribution >= 4 is 51.7 Å². The van der Waals surface area contributed by atoms with Crippen molar-refractivity contribution in [3.8, 4) is 5.75 Å². The number of ketones is 2. The van der Waals surface area contributed by atoms with Gasteiger partial charge in [-0.05, 0) is 53.7 Å². The lowest BCUT2D eigenvalue weighted by atomic mass is 9.44. The third-order valence-corrected chi connectivity index (χ3v) is 11.8. The van der Waals surface area contributed by atoms with Gasteiger partial charge in [0.15, 0.2) is 17.3 Å². The molecule has 1 N–H and O–H groups in total. The quantitative estimate of drug-likeness (QED) is 0.0978. The largest absolute Gasteiger partial charge is 0.508 e. The highest BCUT2D eigenvalue weighted by molar-refractivity contribution is 6.32. The molecule has 13 heteroatoms. The second kappa shape index (κ2) is 13.0. The number of phenolic OH excluding ortho intramolecular Hbond substituents is 1. The first kappa shape index (κ1) is 35.3. The summed E-state index contributed by atoms with van der Waals surface area (Å²) in [5.41, 5.74) is -0.613. The van der Waals surface area contributed by atoms with E-state index in [9.17, 15) is 34.9 Å². The van der Waals surface area contributed by atoms with Gasteiger partial charge in [0.1, 0.15) is 5.75 Å². The molecular formula is C42H34N4O9. The number of Topliss-reactive ketones (excluding diaryl/α,β-unsaturated/α-hetero) is 1. The van der Waals surface area contributed by atoms with Gasteiger partial charge in [-0.1, -0.05) is 84.4 Å². The zero-order valence-corrected chi connectivity index (χ0v) is 29.7. The highest BCUT2D eigenvalue weighted by Gasteiger charge is 2.66. The maximum absolute atomic E-state index is 15.1. The summed E-state index contributed by atoms with van der Waals surface area (Å²) in [6, 6.07) is 26.3. The first-order valence-corrected chi connectivity index (χ1v) is 17.8. The molecule has 0 aromatic heterocycles. The maximum Gasteiger partial charge on any atom is 0.301 e. The molecule has 4 aromatic carbocycles. The number of nitro benzene ring substituents is 2. The van der Waals surface area contributed by atoms with Crippen LogP contribution in [0.5, 0.6) is 5.75 Å². The van der Waals surface area contributed by atoms with Crippen LogP contribution in [-0.4, -0.2) is 52.4 Å². The molecule has 55 heavy (non-hydrogen) atoms. The summed E-state index contributed by atoms with van der Waals surface area (Å²) in [6.45, 7) is 0. The van der Waals surface area contributed by atoms with Crippen LogP contribution in [0.2, 0.25) is 0 Å². The van der Waals surface area contributed by atoms with E-state index in [0.717, 1.165) is 17.0 Å². The van der Waals surface area contributed by atoms with Gasteiger partial charge in [0.2, 0.25) is 11.8 Å². The Morgan fingerprint density at radius 3 is 1.98 bits per heavy atom. The van der Waals surface area contributed by atoms with Crippen molar-refractivity contribution in [1.82, 2.24) is 0 Å². The van der Waals surface area contributed by atoms with Gasteiger partial charge in [-0.15, -0.1) is 0 Å². The first-order valence-electron chi connectivity index (χ1n) is 17.8. The summed E-state index contributed by atoms with van der Waals surface area (Å²) in [5, 5.41) is 34.7. The fourth-order valence-corrected chi connectivity index (χ4v) is 9.63. The number of aromatic hydroxyl groups is 1. The highest BCUT2D eigenvalue weighted by atomic mass is 16.6. The normalized spacial score (nSPS) is 25.7. The van der Waals surface area contributed by atoms with Crippen molar-refractivity contribution < 1.29 is 34.1 Å². The summed E-state index contributed by atoms with van der Waals surface area (Å²) in [7, 11) is 2.84. The molecule has 8 rings (SSSR count). The van der Waals surface area contributed by atoms with E-state index in [2.05, 4.69) is 0 Å². The first-order chi connectivity index (χ1) is 26.4. The van der Waals surface area contributed by atoms with Gasteiger partial charge in [-0.2, -0.15) is 0 Å². The van der Waals surface area contributed by atoms with E-state index in [1.54, 1.807) is 54.6 Å². The van der Waals surface area contributed by atoms with Gasteiger partial charge in [0, 0.05) is 43.6 Å². The Labute approximate surface area is 314 Å². The second-order valence-electron chi connectivity index (χ2n) is 14.6. The van der Waals surface area contributed by atoms with Crippen molar-refractivity contribution in [2.45, 2.75) is 24.2 Å². The molecule has 13 nitrogen and oxygen atoms in total. The molecule has 2 amide bonds. The molecule has 1 saturated heterocycles. The standard InChI is InChI=1S/C42H34N4O9/c1-43(2)38-33(45(52)53)19-26(20-34(38)46(54)55)44-40(50)29-18-17-28-31(36(29)41(44)51)21-32-39(49)30(23-9-5-3-6-10-23)22-35(48)42(32,25-11-7-4-8-12-25)37(28)24-13-15-27(47)16-14-24/h3-17,19-20,22,29,31-32,36-37,47H,18,21H2,1-2H3. The predicted molar refractivity (Wildman–Crippen MR) is 201 cm³/mol. The number of hydrogen-bond acceptors (Lipinski definition) is 10. The molecule has 4 aliphatic rings. The molecule has 276 valence electrons. The van der Waals surface area contributed by atoms with Crippen LogP contribution in [0.25, 0.3) is 5.57 Å². The minimum atomic E-state index is -1.46. The van der Waals surface area contributed by atoms with Gasteiger partial charge < -0.3 is 10.0 Å². The van der Waals surface area contributed by atoms with Crippen LogP contribution in [0, 0.1) is 43.9 Å². The number of amides is 2. The lowest BCUT2D eigenvalue weighted by Gasteiger charge is -2.55. The summed E-state index contributed by atoms with van der Waals surface area (Å²) < 4.78 is 0. The Bertz CT molecular complexity index is 2360. The molecule has 6 unspecified atom stereocenters. The Hall–Kier alpha value is -6.76. The average molecular weight is 739 g/mol. The van der Waals surface area contributed by atoms with Gasteiger partial charge >= 0.3 is 11.4 Å². The lowest BCUT2D eigenvalue weighted by Crippen LogP contribution is -2.58. The maximum atomic E-state index is 15.1. The van der Waals surface area contributed by atoms with Crippen LogP contribution in [0.15, 0.2) is 115 Å². The Morgan fingerprint density at radius 1 is 0.800 bits per heavy atom. The van der Waals surface area contributed by atoms with E-state index in [1.165, 1.54) is 37.2 Å². The molecule has 1 heterocycles. The molecular weight excluding hydrogens is 704 g/mol. The number of anilines is 2. The summed E-state index contributed by atoms with van der Waals surface area (Å²) >= 11 is 0. The van der Waals surface area contributed by atoms with E-state index in [4.69, 9.17) is 0 Å². The number of nitrogens with zero attached hydrogens (tertiary/aromatic N) is 4. The average Bonchev–Trinajstić information content (AvgIpc) is 3.44. The number of nitro groups is 2. The van der Waals surface area contributed by atoms with E-state index < -0.39 is 68.0 Å². The van der Waals surface area contributed by atoms with E-state index >= 15 is 9.59 Å². The number of rotatable bonds is 7. The highest BCUT2D eigenvalue weighted by Crippen LogP contribution is 2.64. The van der Waals surface area contributed by atoms with Crippen LogP contribution in [0.3, 0.4) is 0 Å². The molecule has 2 fully saturated rings. The third kappa shape index (κ3) is 5.21. The lowest BCUT2D eigenvalue weighted by molar-refractivity contribution is -0.392. The van der Waals surface area contributed by atoms with Crippen LogP contribution < -0.4 is 9.80 Å². The molecule has 0 spiro atoms. The molecule has 0 bridgehead atoms. The van der Waals surface area contributed by atoms with Crippen LogP contribution in [0.4, 0.5) is 22.7 Å². The zero-order valence-electron chi connectivity index (χ0n) is 29.7. The molecule has 1 aliphatic heterocycles. The molecule has 3 aliphatic carbocycles. The number of benzene rings is 4. The van der Waals surface area contributed by atoms with Crippen molar-refractivity contribution in [2.75, 3.05) is 23.9 Å². The van der Waals surface area contributed by atoms with E-state index in [1.807, 2.05) is 24.3 Å². The monoisotopic (exact) mass is 738 g/mol. The summed E-state index contributed by atoms with van der Waals surface area (Å²) in [6.07, 6.45) is 3.39. The third-order valence-electron chi connectivity index (χ3n) is 11.8. The molecule has 1 saturated carbocycles. The van der Waals surface area contributed by atoms with Crippen LogP contribution >= 0.6 is 0 Å². The van der Waals surface area contributed by atoms with Crippen LogP contribution in [-0.2, 0) is 24.6 Å². The van der Waals surface area contributed by atoms with E-state index in [0.29, 0.717) is 22.3 Å². The Morgan fingerprint density at radius 2 is 1.40 bits per heavy atom. The fraction of sp³-hybridized carbons (Fsp3) is 0.238. The fourth-order valence-electron chi connectivity index (χ4n) is 9.63. The predicted octanol–water partition coefficient (Wildman–Crippen LogP) is 6.30. The van der Waals surface area contributed by atoms with Gasteiger partial charge in [-0.3, -0.25) is 39.4 Å². The zero-order chi connectivity index (χ0) is 38.9. The van der Waals surface area contributed by atoms with Crippen molar-refractivity contribution in [2.24, 2.45) is 23.7 Å². The Kier molecular flexibility index (Phi) is 8.32. The molecule has 6 atom stereocenters. The van der Waals surface area contributed by atoms with Gasteiger partial charge in [-0.25, -0.2) is 4.90 Å². The van der Waals surface area contributed by atoms with Crippen LogP contribution in [0.1, 0.15) is 35.4 Å². The molecule has 0 radical (unpaired) electrons. The summed E-state index contributed by atoms with van der Waals surface area (Å²) in [4.78, 5) is 84.0. The minimum Gasteiger partial charge on any atom is -0.508 e. The smallest absolute Gasteiger partial charge is 0.301 e. The van der Waals surface area contributed by atoms with Crippen molar-refractivity contribution in [3.05, 3.63) is 152 Å². The second-order valence-corrected chi connectivity index (χ2v) is 14.6. The molecule has 4 aromatic rings. The SMILES string of the molecule is CN(C)c1c([N+](=O)[O-])cc(N2C(=O)C3CC=C4C(CC5C(=O)C(c6ccccc6)=CC(=O)C5(c5ccccc5)C4c4ccc(O)cc4)C3C2=O)cc1[N+](=O)[O-]. The number of fused-ring (bicyclic) bond motifs is 4. The van der Waals surface area contributed by atoms with Gasteiger partial charge in [0.05, 0.1) is 32.8 Å². The number of phenols is 1. The number of allylic oxidation sites excluding steroid dienone is 4. The minimum absolute atomic E-state index is 0.00732. The number of hydrogen-bond donors (Lipinski definition) is 1. The van der Waals surface area contributed by atoms with E-state index in [-0.39, 0.29) is 47.1 Å². The number of carbonyl (C=O) groups excluding carboxylic acids is 4. The van der Waals surface area contributed by atoms with Crippen molar-refractivity contribution in [1.29, 1.82) is 0 Å². The van der Waals surface area contributed by atoms with Gasteiger partial charge in [0.25, 0.3) is 0 Å². The Balaban J connectivity index is 1.32. The summed E-state index contributed by atoms with van der Waals surface area (Å²) in [5.74, 6) is -6.47.